The highest BCUT2D eigenvalue weighted by Gasteiger charge is 2.23. The number of ether oxygens (including phenoxy) is 6. The highest BCUT2D eigenvalue weighted by Crippen LogP contribution is 2.24. The number of benzene rings is 2. The van der Waals surface area contributed by atoms with Crippen molar-refractivity contribution in [3.8, 4) is 11.5 Å². The number of methoxy groups -OCH3 is 2. The number of para-hydroxylation sites is 2. The highest BCUT2D eigenvalue weighted by molar-refractivity contribution is 5.53. The van der Waals surface area contributed by atoms with Gasteiger partial charge in [-0.25, -0.2) is 0 Å². The molecule has 0 saturated carbocycles. The van der Waals surface area contributed by atoms with Gasteiger partial charge in [0, 0.05) is 51.0 Å². The maximum atomic E-state index is 11.9. The van der Waals surface area contributed by atoms with Crippen molar-refractivity contribution >= 4 is 12.6 Å². The van der Waals surface area contributed by atoms with Crippen LogP contribution in [0.3, 0.4) is 0 Å². The molecular weight excluding hydrogens is 554 g/mol. The van der Waals surface area contributed by atoms with E-state index in [4.69, 9.17) is 34.2 Å². The van der Waals surface area contributed by atoms with Gasteiger partial charge in [0.15, 0.2) is 13.6 Å². The summed E-state index contributed by atoms with van der Waals surface area (Å²) in [6.07, 6.45) is 4.41. The van der Waals surface area contributed by atoms with E-state index in [9.17, 15) is 9.59 Å². The maximum Gasteiger partial charge on any atom is 0.189 e. The fourth-order valence-corrected chi connectivity index (χ4v) is 4.58. The topological polar surface area (TPSA) is 122 Å². The lowest BCUT2D eigenvalue weighted by Gasteiger charge is -2.35. The Morgan fingerprint density at radius 3 is 1.84 bits per heavy atom. The van der Waals surface area contributed by atoms with Gasteiger partial charge in [-0.05, 0) is 31.5 Å². The van der Waals surface area contributed by atoms with Crippen molar-refractivity contribution in [3.05, 3.63) is 59.7 Å². The van der Waals surface area contributed by atoms with Crippen LogP contribution in [0.5, 0.6) is 11.5 Å². The fraction of sp³-hybridized carbons (Fsp3) is 0.562. The van der Waals surface area contributed by atoms with Crippen LogP contribution in [-0.4, -0.2) is 109 Å². The quantitative estimate of drug-likeness (QED) is 0.0922. The fourth-order valence-electron chi connectivity index (χ4n) is 4.58. The third-order valence-corrected chi connectivity index (χ3v) is 6.79. The monoisotopic (exact) mass is 603 g/mol. The average molecular weight is 604 g/mol. The van der Waals surface area contributed by atoms with Gasteiger partial charge < -0.3 is 43.7 Å². The van der Waals surface area contributed by atoms with Crippen molar-refractivity contribution in [2.75, 3.05) is 80.4 Å². The molecule has 2 N–H and O–H groups in total. The van der Waals surface area contributed by atoms with Crippen molar-refractivity contribution in [1.82, 2.24) is 9.80 Å². The number of carbonyl (C=O) groups is 2. The van der Waals surface area contributed by atoms with Gasteiger partial charge in [-0.2, -0.15) is 0 Å². The van der Waals surface area contributed by atoms with Gasteiger partial charge in [0.2, 0.25) is 0 Å². The minimum Gasteiger partial charge on any atom is -0.467 e. The van der Waals surface area contributed by atoms with Gasteiger partial charge in [-0.15, -0.1) is 0 Å². The first-order chi connectivity index (χ1) is 21.2. The van der Waals surface area contributed by atoms with Crippen molar-refractivity contribution < 1.29 is 38.0 Å². The molecule has 0 aliphatic heterocycles. The lowest BCUT2D eigenvalue weighted by atomic mass is 10.0. The molecule has 0 unspecified atom stereocenters. The lowest BCUT2D eigenvalue weighted by Crippen LogP contribution is -2.45. The van der Waals surface area contributed by atoms with Crippen LogP contribution in [0.4, 0.5) is 0 Å². The van der Waals surface area contributed by atoms with Crippen LogP contribution in [0.1, 0.15) is 30.4 Å². The summed E-state index contributed by atoms with van der Waals surface area (Å²) in [5.41, 5.74) is 7.69. The molecule has 0 amide bonds. The Kier molecular flexibility index (Phi) is 19.9. The molecule has 0 heterocycles. The molecule has 0 saturated heterocycles. The summed E-state index contributed by atoms with van der Waals surface area (Å²) in [6, 6.07) is 15.4. The van der Waals surface area contributed by atoms with E-state index in [0.717, 1.165) is 43.0 Å². The summed E-state index contributed by atoms with van der Waals surface area (Å²) in [4.78, 5) is 27.9. The van der Waals surface area contributed by atoms with Gasteiger partial charge >= 0.3 is 0 Å². The number of unbranched alkanes of at least 4 members (excludes halogenated alkanes) is 1. The van der Waals surface area contributed by atoms with E-state index in [1.54, 1.807) is 14.2 Å². The molecular formula is C32H49N3O8. The second-order valence-corrected chi connectivity index (χ2v) is 9.94. The van der Waals surface area contributed by atoms with Crippen molar-refractivity contribution in [3.63, 3.8) is 0 Å². The first kappa shape index (κ1) is 36.3. The molecule has 0 aliphatic carbocycles. The molecule has 43 heavy (non-hydrogen) atoms. The van der Waals surface area contributed by atoms with Gasteiger partial charge in [0.1, 0.15) is 24.1 Å². The Morgan fingerprint density at radius 1 is 0.744 bits per heavy atom. The number of nitrogens with zero attached hydrogens (tertiary/aromatic N) is 2. The van der Waals surface area contributed by atoms with Gasteiger partial charge in [-0.3, -0.25) is 9.80 Å². The third kappa shape index (κ3) is 14.9. The summed E-state index contributed by atoms with van der Waals surface area (Å²) in [6.45, 7) is 4.65. The normalized spacial score (nSPS) is 12.0. The van der Waals surface area contributed by atoms with Crippen molar-refractivity contribution in [2.24, 2.45) is 5.73 Å². The SMILES string of the molecule is COCCOCOc1ccccc1CN(CC=O)C[C@H](CCCCN)N(CC=O)Cc1ccccc1OCOCCOC. The van der Waals surface area contributed by atoms with E-state index in [0.29, 0.717) is 64.1 Å². The average Bonchev–Trinajstić information content (AvgIpc) is 3.02. The summed E-state index contributed by atoms with van der Waals surface area (Å²) in [7, 11) is 3.24. The molecule has 2 rings (SSSR count). The minimum absolute atomic E-state index is 0.0202. The summed E-state index contributed by atoms with van der Waals surface area (Å²) in [5, 5.41) is 0. The van der Waals surface area contributed by atoms with Crippen molar-refractivity contribution in [2.45, 2.75) is 38.4 Å². The molecule has 0 aromatic heterocycles. The van der Waals surface area contributed by atoms with Crippen LogP contribution >= 0.6 is 0 Å². The van der Waals surface area contributed by atoms with Crippen LogP contribution < -0.4 is 15.2 Å². The van der Waals surface area contributed by atoms with Crippen LogP contribution in [-0.2, 0) is 41.6 Å². The second kappa shape index (κ2) is 23.5. The third-order valence-electron chi connectivity index (χ3n) is 6.79. The molecule has 240 valence electrons. The zero-order chi connectivity index (χ0) is 31.0. The Morgan fingerprint density at radius 2 is 1.30 bits per heavy atom. The van der Waals surface area contributed by atoms with E-state index in [1.807, 2.05) is 48.5 Å². The molecule has 1 atom stereocenters. The maximum absolute atomic E-state index is 11.9. The van der Waals surface area contributed by atoms with Crippen molar-refractivity contribution in [1.29, 1.82) is 0 Å². The van der Waals surface area contributed by atoms with Gasteiger partial charge in [0.25, 0.3) is 0 Å². The molecule has 0 radical (unpaired) electrons. The largest absolute Gasteiger partial charge is 0.467 e. The second-order valence-electron chi connectivity index (χ2n) is 9.94. The smallest absolute Gasteiger partial charge is 0.189 e. The number of hydrogen-bond acceptors (Lipinski definition) is 11. The van der Waals surface area contributed by atoms with Crippen LogP contribution in [0.25, 0.3) is 0 Å². The first-order valence-corrected chi connectivity index (χ1v) is 14.7. The molecule has 0 bridgehead atoms. The zero-order valence-electron chi connectivity index (χ0n) is 25.7. The molecule has 11 nitrogen and oxygen atoms in total. The Hall–Kier alpha value is -2.90. The minimum atomic E-state index is -0.0202. The number of aldehydes is 2. The zero-order valence-corrected chi connectivity index (χ0v) is 25.7. The van der Waals surface area contributed by atoms with E-state index < -0.39 is 0 Å². The Balaban J connectivity index is 2.20. The Bertz CT molecular complexity index is 1010. The summed E-state index contributed by atoms with van der Waals surface area (Å²) < 4.78 is 32.8. The van der Waals surface area contributed by atoms with E-state index >= 15 is 0 Å². The van der Waals surface area contributed by atoms with E-state index in [1.165, 1.54) is 0 Å². The van der Waals surface area contributed by atoms with Crippen LogP contribution in [0.15, 0.2) is 48.5 Å². The summed E-state index contributed by atoms with van der Waals surface area (Å²) in [5.74, 6) is 1.39. The molecule has 2 aromatic carbocycles. The number of hydrogen-bond donors (Lipinski definition) is 1. The predicted molar refractivity (Wildman–Crippen MR) is 164 cm³/mol. The van der Waals surface area contributed by atoms with E-state index in [-0.39, 0.29) is 32.7 Å². The highest BCUT2D eigenvalue weighted by atomic mass is 16.7. The standard InChI is InChI=1S/C32H49N3O8/c1-38-19-21-40-26-42-31-12-5-3-9-28(31)23-34(15-17-36)25-30(11-7-8-14-33)35(16-18-37)24-29-10-4-6-13-32(29)43-27-41-22-20-39-2/h3-6,9-10,12-13,17-18,30H,7-8,11,14-16,19-27,33H2,1-2H3/t30-/m0/s1. The Labute approximate surface area is 256 Å². The number of nitrogens with two attached hydrogens (primary N) is 1. The summed E-state index contributed by atoms with van der Waals surface area (Å²) >= 11 is 0. The predicted octanol–water partition coefficient (Wildman–Crippen LogP) is 2.88. The molecule has 0 aliphatic rings. The van der Waals surface area contributed by atoms with Gasteiger partial charge in [0.05, 0.1) is 39.5 Å². The molecule has 11 heteroatoms. The number of rotatable bonds is 27. The van der Waals surface area contributed by atoms with Gasteiger partial charge in [-0.1, -0.05) is 42.8 Å². The van der Waals surface area contributed by atoms with Crippen LogP contribution in [0, 0.1) is 0 Å². The molecule has 0 spiro atoms. The van der Waals surface area contributed by atoms with E-state index in [2.05, 4.69) is 9.80 Å². The number of carbonyl (C=O) groups excluding carboxylic acids is 2. The van der Waals surface area contributed by atoms with Crippen LogP contribution in [0.2, 0.25) is 0 Å². The first-order valence-electron chi connectivity index (χ1n) is 14.7. The molecule has 2 aromatic rings. The molecule has 0 fully saturated rings. The lowest BCUT2D eigenvalue weighted by molar-refractivity contribution is -0.111.